The number of nitrogens with zero attached hydrogens (tertiary/aromatic N) is 3. The van der Waals surface area contributed by atoms with E-state index in [9.17, 15) is 0 Å². The number of halogens is 1. The van der Waals surface area contributed by atoms with Crippen molar-refractivity contribution in [1.29, 1.82) is 5.26 Å². The maximum absolute atomic E-state index is 8.87. The lowest BCUT2D eigenvalue weighted by Crippen LogP contribution is -2.01. The normalized spacial score (nSPS) is 9.89. The van der Waals surface area contributed by atoms with Crippen LogP contribution in [0.25, 0.3) is 0 Å². The van der Waals surface area contributed by atoms with Crippen molar-refractivity contribution in [2.45, 2.75) is 13.8 Å². The monoisotopic (exact) mass is 302 g/mol. The first-order valence-corrected chi connectivity index (χ1v) is 6.17. The summed E-state index contributed by atoms with van der Waals surface area (Å²) < 4.78 is 0.928. The van der Waals surface area contributed by atoms with Crippen molar-refractivity contribution in [2.24, 2.45) is 0 Å². The summed E-state index contributed by atoms with van der Waals surface area (Å²) >= 11 is 3.46. The number of nitriles is 1. The summed E-state index contributed by atoms with van der Waals surface area (Å²) in [6.07, 6.45) is 0. The summed E-state index contributed by atoms with van der Waals surface area (Å²) in [6.45, 7) is 3.84. The van der Waals surface area contributed by atoms with Gasteiger partial charge in [-0.3, -0.25) is 0 Å². The van der Waals surface area contributed by atoms with Gasteiger partial charge in [0.1, 0.15) is 11.8 Å². The average molecular weight is 303 g/mol. The minimum absolute atomic E-state index is 0.355. The van der Waals surface area contributed by atoms with Crippen molar-refractivity contribution in [1.82, 2.24) is 9.97 Å². The van der Waals surface area contributed by atoms with Gasteiger partial charge in [-0.25, -0.2) is 9.97 Å². The van der Waals surface area contributed by atoms with Crippen molar-refractivity contribution in [3.8, 4) is 6.07 Å². The molecule has 18 heavy (non-hydrogen) atoms. The second-order valence-corrected chi connectivity index (χ2v) is 4.79. The molecule has 1 heterocycles. The fourth-order valence-electron chi connectivity index (χ4n) is 1.54. The van der Waals surface area contributed by atoms with Gasteiger partial charge in [-0.2, -0.15) is 5.26 Å². The third kappa shape index (κ3) is 2.84. The third-order valence-electron chi connectivity index (χ3n) is 2.34. The van der Waals surface area contributed by atoms with E-state index in [1.165, 1.54) is 0 Å². The van der Waals surface area contributed by atoms with E-state index >= 15 is 0 Å². The lowest BCUT2D eigenvalue weighted by molar-refractivity contribution is 1.09. The van der Waals surface area contributed by atoms with E-state index in [-0.39, 0.29) is 0 Å². The molecule has 2 aromatic rings. The molecule has 0 aliphatic heterocycles. The highest BCUT2D eigenvalue weighted by Crippen LogP contribution is 2.25. The molecule has 1 aromatic heterocycles. The lowest BCUT2D eigenvalue weighted by Gasteiger charge is -2.08. The summed E-state index contributed by atoms with van der Waals surface area (Å²) in [4.78, 5) is 8.37. The molecule has 0 spiro atoms. The first-order chi connectivity index (χ1) is 8.58. The van der Waals surface area contributed by atoms with E-state index in [1.54, 1.807) is 6.07 Å². The maximum Gasteiger partial charge on any atom is 0.228 e. The smallest absolute Gasteiger partial charge is 0.228 e. The quantitative estimate of drug-likeness (QED) is 0.922. The molecular formula is C13H11BrN4. The van der Waals surface area contributed by atoms with Gasteiger partial charge in [0, 0.05) is 10.2 Å². The third-order valence-corrected chi connectivity index (χ3v) is 3.03. The molecule has 1 N–H and O–H groups in total. The van der Waals surface area contributed by atoms with Crippen molar-refractivity contribution in [3.63, 3.8) is 0 Å². The standard InChI is InChI=1S/C13H11BrN4/c1-8-3-4-11(14)12(5-8)18-13-16-9(2)6-10(7-15)17-13/h3-6H,1-2H3,(H,16,17,18). The number of hydrogen-bond acceptors (Lipinski definition) is 4. The zero-order valence-electron chi connectivity index (χ0n) is 10.0. The topological polar surface area (TPSA) is 61.6 Å². The molecule has 0 bridgehead atoms. The highest BCUT2D eigenvalue weighted by Gasteiger charge is 2.05. The van der Waals surface area contributed by atoms with Gasteiger partial charge in [0.2, 0.25) is 5.95 Å². The highest BCUT2D eigenvalue weighted by atomic mass is 79.9. The van der Waals surface area contributed by atoms with Gasteiger partial charge in [-0.05, 0) is 53.5 Å². The van der Waals surface area contributed by atoms with Crippen LogP contribution in [0.3, 0.4) is 0 Å². The second kappa shape index (κ2) is 5.15. The molecular weight excluding hydrogens is 292 g/mol. The van der Waals surface area contributed by atoms with Crippen LogP contribution in [0.4, 0.5) is 11.6 Å². The summed E-state index contributed by atoms with van der Waals surface area (Å²) in [5.41, 5.74) is 3.12. The molecule has 0 amide bonds. The number of anilines is 2. The molecule has 90 valence electrons. The van der Waals surface area contributed by atoms with E-state index < -0.39 is 0 Å². The first-order valence-electron chi connectivity index (χ1n) is 5.37. The van der Waals surface area contributed by atoms with Gasteiger partial charge >= 0.3 is 0 Å². The summed E-state index contributed by atoms with van der Waals surface area (Å²) in [5, 5.41) is 12.0. The molecule has 0 aliphatic rings. The van der Waals surface area contributed by atoms with Gasteiger partial charge in [-0.15, -0.1) is 0 Å². The van der Waals surface area contributed by atoms with E-state index in [1.807, 2.05) is 38.1 Å². The zero-order valence-corrected chi connectivity index (χ0v) is 11.6. The van der Waals surface area contributed by atoms with Crippen LogP contribution >= 0.6 is 15.9 Å². The van der Waals surface area contributed by atoms with Gasteiger partial charge < -0.3 is 5.32 Å². The van der Waals surface area contributed by atoms with Crippen molar-refractivity contribution in [3.05, 3.63) is 45.7 Å². The predicted octanol–water partition coefficient (Wildman–Crippen LogP) is 3.47. The van der Waals surface area contributed by atoms with E-state index in [0.717, 1.165) is 21.4 Å². The van der Waals surface area contributed by atoms with Gasteiger partial charge in [0.05, 0.1) is 5.69 Å². The van der Waals surface area contributed by atoms with Crippen LogP contribution in [0, 0.1) is 25.2 Å². The molecule has 0 fully saturated rings. The Morgan fingerprint density at radius 2 is 2.00 bits per heavy atom. The molecule has 0 aliphatic carbocycles. The SMILES string of the molecule is Cc1ccc(Br)c(Nc2nc(C)cc(C#N)n2)c1. The maximum atomic E-state index is 8.87. The molecule has 0 saturated carbocycles. The molecule has 0 atom stereocenters. The molecule has 0 saturated heterocycles. The number of aromatic nitrogens is 2. The highest BCUT2D eigenvalue weighted by molar-refractivity contribution is 9.10. The molecule has 0 unspecified atom stereocenters. The Bertz CT molecular complexity index is 631. The number of hydrogen-bond donors (Lipinski definition) is 1. The fourth-order valence-corrected chi connectivity index (χ4v) is 1.88. The average Bonchev–Trinajstić information content (AvgIpc) is 2.33. The molecule has 5 heteroatoms. The van der Waals surface area contributed by atoms with Crippen LogP contribution in [-0.4, -0.2) is 9.97 Å². The Hall–Kier alpha value is -1.93. The van der Waals surface area contributed by atoms with Gasteiger partial charge in [0.25, 0.3) is 0 Å². The Balaban J connectivity index is 2.37. The fraction of sp³-hybridized carbons (Fsp3) is 0.154. The molecule has 4 nitrogen and oxygen atoms in total. The minimum atomic E-state index is 0.355. The Kier molecular flexibility index (Phi) is 3.58. The predicted molar refractivity (Wildman–Crippen MR) is 73.6 cm³/mol. The Labute approximate surface area is 114 Å². The van der Waals surface area contributed by atoms with E-state index in [2.05, 4.69) is 31.2 Å². The van der Waals surface area contributed by atoms with Crippen molar-refractivity contribution in [2.75, 3.05) is 5.32 Å². The second-order valence-electron chi connectivity index (χ2n) is 3.94. The van der Waals surface area contributed by atoms with Crippen molar-refractivity contribution < 1.29 is 0 Å². The zero-order chi connectivity index (χ0) is 13.1. The Morgan fingerprint density at radius 3 is 2.72 bits per heavy atom. The van der Waals surface area contributed by atoms with Gasteiger partial charge in [0.15, 0.2) is 0 Å². The van der Waals surface area contributed by atoms with Gasteiger partial charge in [-0.1, -0.05) is 6.07 Å². The number of nitrogens with one attached hydrogen (secondary N) is 1. The molecule has 0 radical (unpaired) electrons. The van der Waals surface area contributed by atoms with Crippen LogP contribution in [-0.2, 0) is 0 Å². The number of aryl methyl sites for hydroxylation is 2. The summed E-state index contributed by atoms with van der Waals surface area (Å²) in [5.74, 6) is 0.429. The molecule has 2 rings (SSSR count). The largest absolute Gasteiger partial charge is 0.323 e. The molecule has 1 aromatic carbocycles. The van der Waals surface area contributed by atoms with Crippen LogP contribution in [0.15, 0.2) is 28.7 Å². The lowest BCUT2D eigenvalue weighted by atomic mass is 10.2. The van der Waals surface area contributed by atoms with Crippen LogP contribution in [0.1, 0.15) is 17.0 Å². The van der Waals surface area contributed by atoms with E-state index in [4.69, 9.17) is 5.26 Å². The summed E-state index contributed by atoms with van der Waals surface area (Å²) in [6, 6.07) is 9.62. The minimum Gasteiger partial charge on any atom is -0.323 e. The number of benzene rings is 1. The van der Waals surface area contributed by atoms with Crippen LogP contribution < -0.4 is 5.32 Å². The summed E-state index contributed by atoms with van der Waals surface area (Å²) in [7, 11) is 0. The van der Waals surface area contributed by atoms with Crippen LogP contribution in [0.5, 0.6) is 0 Å². The number of rotatable bonds is 2. The van der Waals surface area contributed by atoms with E-state index in [0.29, 0.717) is 11.6 Å². The van der Waals surface area contributed by atoms with Crippen molar-refractivity contribution >= 4 is 27.6 Å². The first kappa shape index (κ1) is 12.5. The van der Waals surface area contributed by atoms with Crippen LogP contribution in [0.2, 0.25) is 0 Å². The Morgan fingerprint density at radius 1 is 1.22 bits per heavy atom.